The van der Waals surface area contributed by atoms with E-state index in [0.29, 0.717) is 16.9 Å². The van der Waals surface area contributed by atoms with Crippen molar-refractivity contribution in [3.8, 4) is 17.1 Å². The van der Waals surface area contributed by atoms with Crippen LogP contribution in [0, 0.1) is 0 Å². The van der Waals surface area contributed by atoms with Crippen LogP contribution in [0.15, 0.2) is 82.7 Å². The summed E-state index contributed by atoms with van der Waals surface area (Å²) in [5.74, 6) is 0.642. The van der Waals surface area contributed by atoms with Crippen molar-refractivity contribution in [3.63, 3.8) is 0 Å². The molecule has 0 saturated heterocycles. The minimum Gasteiger partial charge on any atom is -0.295 e. The molecule has 0 aliphatic heterocycles. The molecule has 0 bridgehead atoms. The van der Waals surface area contributed by atoms with Crippen molar-refractivity contribution in [3.05, 3.63) is 83.5 Å². The van der Waals surface area contributed by atoms with Crippen LogP contribution in [-0.2, 0) is 24.1 Å². The Kier molecular flexibility index (Phi) is 4.85. The summed E-state index contributed by atoms with van der Waals surface area (Å²) in [6.45, 7) is 0. The Bertz CT molecular complexity index is 1990. The Morgan fingerprint density at radius 2 is 1.69 bits per heavy atom. The molecule has 0 fully saturated rings. The molecule has 10 heteroatoms. The second-order valence-electron chi connectivity index (χ2n) is 8.60. The van der Waals surface area contributed by atoms with Crippen LogP contribution < -0.4 is 10.4 Å². The smallest absolute Gasteiger partial charge is 0.295 e. The fraction of sp³-hybridized carbons (Fsp3) is 0.115. The topological polar surface area (TPSA) is 104 Å². The van der Waals surface area contributed by atoms with Gasteiger partial charge in [0.2, 0.25) is 10.0 Å². The zero-order chi connectivity index (χ0) is 25.2. The Morgan fingerprint density at radius 1 is 0.889 bits per heavy atom. The molecular weight excluding hydrogens is 476 g/mol. The van der Waals surface area contributed by atoms with Crippen LogP contribution in [-0.4, -0.2) is 39.1 Å². The third kappa shape index (κ3) is 3.19. The lowest BCUT2D eigenvalue weighted by molar-refractivity contribution is 0.588. The number of fused-ring (bicyclic) bond motifs is 3. The maximum absolute atomic E-state index is 12.6. The number of rotatable bonds is 4. The van der Waals surface area contributed by atoms with Crippen LogP contribution in [0.2, 0.25) is 0 Å². The van der Waals surface area contributed by atoms with Gasteiger partial charge in [-0.15, -0.1) is 0 Å². The monoisotopic (exact) mass is 498 g/mol. The molecule has 1 N–H and O–H groups in total. The molecule has 6 rings (SSSR count). The highest BCUT2D eigenvalue weighted by Crippen LogP contribution is 2.34. The Labute approximate surface area is 206 Å². The van der Waals surface area contributed by atoms with Gasteiger partial charge in [0.1, 0.15) is 5.82 Å². The summed E-state index contributed by atoms with van der Waals surface area (Å²) in [6, 6.07) is 18.5. The van der Waals surface area contributed by atoms with E-state index >= 15 is 0 Å². The van der Waals surface area contributed by atoms with Crippen LogP contribution in [0.4, 0.5) is 0 Å². The third-order valence-corrected chi connectivity index (χ3v) is 8.06. The molecule has 3 aromatic heterocycles. The van der Waals surface area contributed by atoms with Crippen molar-refractivity contribution in [1.29, 1.82) is 0 Å². The lowest BCUT2D eigenvalue weighted by Gasteiger charge is -2.12. The van der Waals surface area contributed by atoms with Gasteiger partial charge >= 0.3 is 5.69 Å². The van der Waals surface area contributed by atoms with E-state index in [0.717, 1.165) is 33.1 Å². The fourth-order valence-electron chi connectivity index (χ4n) is 4.72. The zero-order valence-electron chi connectivity index (χ0n) is 19.8. The largest absolute Gasteiger partial charge is 0.328 e. The summed E-state index contributed by atoms with van der Waals surface area (Å²) in [5, 5.41) is 1.94. The highest BCUT2D eigenvalue weighted by atomic mass is 32.2. The van der Waals surface area contributed by atoms with Gasteiger partial charge < -0.3 is 0 Å². The first kappa shape index (κ1) is 22.2. The van der Waals surface area contributed by atoms with E-state index < -0.39 is 10.0 Å². The van der Waals surface area contributed by atoms with Gasteiger partial charge in [0, 0.05) is 43.1 Å². The normalized spacial score (nSPS) is 12.2. The van der Waals surface area contributed by atoms with Crippen LogP contribution >= 0.6 is 0 Å². The van der Waals surface area contributed by atoms with Gasteiger partial charge in [-0.3, -0.25) is 18.7 Å². The Morgan fingerprint density at radius 3 is 2.50 bits per heavy atom. The minimum atomic E-state index is -3.67. The molecule has 0 amide bonds. The number of aromatic nitrogens is 5. The maximum atomic E-state index is 12.6. The summed E-state index contributed by atoms with van der Waals surface area (Å²) in [5.41, 5.74) is 4.31. The number of nitrogens with one attached hydrogen (secondary N) is 1. The molecule has 3 aromatic carbocycles. The van der Waals surface area contributed by atoms with E-state index in [9.17, 15) is 13.2 Å². The van der Waals surface area contributed by atoms with Gasteiger partial charge in [-0.1, -0.05) is 18.2 Å². The van der Waals surface area contributed by atoms with Gasteiger partial charge in [0.05, 0.1) is 27.0 Å². The molecule has 3 heterocycles. The van der Waals surface area contributed by atoms with Crippen molar-refractivity contribution in [2.75, 3.05) is 7.05 Å². The van der Waals surface area contributed by atoms with Crippen LogP contribution in [0.3, 0.4) is 0 Å². The standard InChI is InChI=1S/C26H22N6O3S/c1-27-36(34,35)18-8-9-21-23(14-18)32(17-7-10-22-24(13-17)31(3)26(33)30(22)2)25(29-21)19-6-4-5-16-11-12-28-15-20(16)19/h4-15,27H,1-3H3. The van der Waals surface area contributed by atoms with E-state index in [1.807, 2.05) is 47.0 Å². The number of imidazole rings is 2. The summed E-state index contributed by atoms with van der Waals surface area (Å²) < 4.78 is 32.7. The molecular formula is C26H22N6O3S. The van der Waals surface area contributed by atoms with Gasteiger partial charge in [0.15, 0.2) is 0 Å². The van der Waals surface area contributed by atoms with Crippen molar-refractivity contribution in [2.24, 2.45) is 14.1 Å². The number of hydrogen-bond acceptors (Lipinski definition) is 5. The zero-order valence-corrected chi connectivity index (χ0v) is 20.6. The number of pyridine rings is 1. The average Bonchev–Trinajstić information content (AvgIpc) is 3.38. The molecule has 0 aliphatic carbocycles. The molecule has 6 aromatic rings. The van der Waals surface area contributed by atoms with Gasteiger partial charge in [-0.2, -0.15) is 0 Å². The van der Waals surface area contributed by atoms with Gasteiger partial charge in [0.25, 0.3) is 0 Å². The van der Waals surface area contributed by atoms with Crippen LogP contribution in [0.1, 0.15) is 0 Å². The van der Waals surface area contributed by atoms with E-state index in [1.54, 1.807) is 53.8 Å². The summed E-state index contributed by atoms with van der Waals surface area (Å²) >= 11 is 0. The lowest BCUT2D eigenvalue weighted by Crippen LogP contribution is -2.19. The van der Waals surface area contributed by atoms with Crippen molar-refractivity contribution < 1.29 is 8.42 Å². The molecule has 0 atom stereocenters. The summed E-state index contributed by atoms with van der Waals surface area (Å²) in [7, 11) is 1.18. The Hall–Kier alpha value is -4.28. The second kappa shape index (κ2) is 7.87. The average molecular weight is 499 g/mol. The molecule has 36 heavy (non-hydrogen) atoms. The molecule has 9 nitrogen and oxygen atoms in total. The van der Waals surface area contributed by atoms with Crippen molar-refractivity contribution in [1.82, 2.24) is 28.4 Å². The number of sulfonamides is 1. The summed E-state index contributed by atoms with van der Waals surface area (Å²) in [6.07, 6.45) is 3.54. The number of aryl methyl sites for hydroxylation is 2. The fourth-order valence-corrected chi connectivity index (χ4v) is 5.47. The first-order valence-electron chi connectivity index (χ1n) is 11.2. The van der Waals surface area contributed by atoms with Crippen molar-refractivity contribution in [2.45, 2.75) is 4.90 Å². The van der Waals surface area contributed by atoms with Crippen LogP contribution in [0.5, 0.6) is 0 Å². The summed E-state index contributed by atoms with van der Waals surface area (Å²) in [4.78, 5) is 21.9. The SMILES string of the molecule is CNS(=O)(=O)c1ccc2nc(-c3cccc4ccncc34)n(-c3ccc4c(c3)n(C)c(=O)n4C)c2c1. The predicted molar refractivity (Wildman–Crippen MR) is 140 cm³/mol. The molecule has 0 radical (unpaired) electrons. The second-order valence-corrected chi connectivity index (χ2v) is 10.5. The van der Waals surface area contributed by atoms with Crippen molar-refractivity contribution >= 4 is 42.9 Å². The van der Waals surface area contributed by atoms with E-state index in [-0.39, 0.29) is 10.6 Å². The third-order valence-electron chi connectivity index (χ3n) is 6.64. The number of benzene rings is 3. The molecule has 0 spiro atoms. The first-order chi connectivity index (χ1) is 17.3. The minimum absolute atomic E-state index is 0.125. The van der Waals surface area contributed by atoms with Crippen LogP contribution in [0.25, 0.3) is 49.9 Å². The Balaban J connectivity index is 1.74. The maximum Gasteiger partial charge on any atom is 0.328 e. The molecule has 0 unspecified atom stereocenters. The molecule has 0 aliphatic rings. The van der Waals surface area contributed by atoms with E-state index in [1.165, 1.54) is 7.05 Å². The van der Waals surface area contributed by atoms with E-state index in [4.69, 9.17) is 4.98 Å². The quantitative estimate of drug-likeness (QED) is 0.402. The van der Waals surface area contributed by atoms with E-state index in [2.05, 4.69) is 9.71 Å². The van der Waals surface area contributed by atoms with Gasteiger partial charge in [-0.25, -0.2) is 22.9 Å². The highest BCUT2D eigenvalue weighted by Gasteiger charge is 2.20. The molecule has 0 saturated carbocycles. The number of hydrogen-bond donors (Lipinski definition) is 1. The molecule has 180 valence electrons. The predicted octanol–water partition coefficient (Wildman–Crippen LogP) is 3.34. The highest BCUT2D eigenvalue weighted by molar-refractivity contribution is 7.89. The van der Waals surface area contributed by atoms with Gasteiger partial charge in [-0.05, 0) is 54.9 Å². The lowest BCUT2D eigenvalue weighted by atomic mass is 10.1. The number of nitrogens with zero attached hydrogens (tertiary/aromatic N) is 5. The first-order valence-corrected chi connectivity index (χ1v) is 12.7.